The van der Waals surface area contributed by atoms with Crippen LogP contribution in [0.25, 0.3) is 0 Å². The molecular formula is C10H9BrFN5O2S. The Kier molecular flexibility index (Phi) is 4.16. The Balaban J connectivity index is 2.35. The van der Waals surface area contributed by atoms with E-state index in [0.29, 0.717) is 0 Å². The van der Waals surface area contributed by atoms with Crippen LogP contribution in [-0.4, -0.2) is 18.4 Å². The van der Waals surface area contributed by atoms with E-state index in [-0.39, 0.29) is 21.0 Å². The summed E-state index contributed by atoms with van der Waals surface area (Å²) in [5.41, 5.74) is 1.98. The summed E-state index contributed by atoms with van der Waals surface area (Å²) in [6.07, 6.45) is 2.11. The fraction of sp³-hybridized carbons (Fsp3) is 0. The van der Waals surface area contributed by atoms with E-state index < -0.39 is 15.8 Å². The number of nitrogens with two attached hydrogens (primary N) is 1. The third-order valence-electron chi connectivity index (χ3n) is 2.27. The van der Waals surface area contributed by atoms with Crippen molar-refractivity contribution < 1.29 is 12.8 Å². The fourth-order valence-corrected chi connectivity index (χ4v) is 2.87. The summed E-state index contributed by atoms with van der Waals surface area (Å²) in [5, 5.41) is 0. The van der Waals surface area contributed by atoms with Crippen LogP contribution in [0.4, 0.5) is 16.0 Å². The highest BCUT2D eigenvalue weighted by Crippen LogP contribution is 2.27. The monoisotopic (exact) mass is 361 g/mol. The molecule has 10 heteroatoms. The van der Waals surface area contributed by atoms with E-state index in [1.807, 2.05) is 0 Å². The average Bonchev–Trinajstić information content (AvgIpc) is 2.43. The van der Waals surface area contributed by atoms with Crippen molar-refractivity contribution in [1.82, 2.24) is 9.97 Å². The van der Waals surface area contributed by atoms with Crippen LogP contribution in [-0.2, 0) is 10.0 Å². The number of nitrogen functional groups attached to an aromatic ring is 1. The topological polar surface area (TPSA) is 110 Å². The van der Waals surface area contributed by atoms with Crippen molar-refractivity contribution in [1.29, 1.82) is 0 Å². The predicted molar refractivity (Wildman–Crippen MR) is 74.8 cm³/mol. The average molecular weight is 362 g/mol. The zero-order chi connectivity index (χ0) is 14.8. The standard InChI is InChI=1S/C10H9BrFN5O2S/c11-7-2-1-3-8(12)9(7)17-20(18,19)6-4-14-10(16-13)15-5-6/h1-5,17H,13H2,(H,14,15,16). The molecule has 0 unspecified atom stereocenters. The van der Waals surface area contributed by atoms with Crippen molar-refractivity contribution in [3.05, 3.63) is 40.9 Å². The molecule has 0 radical (unpaired) electrons. The Hall–Kier alpha value is -1.78. The van der Waals surface area contributed by atoms with Crippen LogP contribution in [0.3, 0.4) is 0 Å². The smallest absolute Gasteiger partial charge is 0.265 e. The second kappa shape index (κ2) is 5.69. The molecule has 1 heterocycles. The minimum absolute atomic E-state index is 0.0658. The van der Waals surface area contributed by atoms with Gasteiger partial charge in [0, 0.05) is 4.47 Å². The molecule has 0 aliphatic heterocycles. The van der Waals surface area contributed by atoms with E-state index in [9.17, 15) is 12.8 Å². The molecule has 0 spiro atoms. The number of para-hydroxylation sites is 1. The molecule has 0 bridgehead atoms. The molecule has 7 nitrogen and oxygen atoms in total. The van der Waals surface area contributed by atoms with Gasteiger partial charge < -0.3 is 0 Å². The van der Waals surface area contributed by atoms with E-state index in [2.05, 4.69) is 36.0 Å². The third-order valence-corrected chi connectivity index (χ3v) is 4.23. The van der Waals surface area contributed by atoms with Crippen LogP contribution in [0.2, 0.25) is 0 Å². The number of sulfonamides is 1. The lowest BCUT2D eigenvalue weighted by atomic mass is 10.3. The Bertz CT molecular complexity index is 703. The normalized spacial score (nSPS) is 11.2. The van der Waals surface area contributed by atoms with E-state index in [0.717, 1.165) is 18.5 Å². The number of hydrogen-bond donors (Lipinski definition) is 3. The molecule has 0 fully saturated rings. The summed E-state index contributed by atoms with van der Waals surface area (Å²) in [6, 6.07) is 4.10. The largest absolute Gasteiger partial charge is 0.292 e. The molecule has 20 heavy (non-hydrogen) atoms. The first-order valence-corrected chi connectivity index (χ1v) is 7.47. The molecule has 0 atom stereocenters. The summed E-state index contributed by atoms with van der Waals surface area (Å²) in [4.78, 5) is 7.14. The molecular weight excluding hydrogens is 353 g/mol. The van der Waals surface area contributed by atoms with Gasteiger partial charge in [0.15, 0.2) is 0 Å². The van der Waals surface area contributed by atoms with Gasteiger partial charge in [-0.1, -0.05) is 6.07 Å². The highest BCUT2D eigenvalue weighted by atomic mass is 79.9. The lowest BCUT2D eigenvalue weighted by Gasteiger charge is -2.10. The molecule has 2 rings (SSSR count). The Morgan fingerprint density at radius 1 is 1.25 bits per heavy atom. The number of anilines is 2. The molecule has 0 amide bonds. The van der Waals surface area contributed by atoms with Gasteiger partial charge in [0.25, 0.3) is 10.0 Å². The van der Waals surface area contributed by atoms with Gasteiger partial charge in [-0.05, 0) is 28.1 Å². The van der Waals surface area contributed by atoms with Crippen molar-refractivity contribution in [2.24, 2.45) is 5.84 Å². The van der Waals surface area contributed by atoms with Crippen LogP contribution in [0.1, 0.15) is 0 Å². The van der Waals surface area contributed by atoms with Gasteiger partial charge in [0.1, 0.15) is 10.7 Å². The molecule has 4 N–H and O–H groups in total. The van der Waals surface area contributed by atoms with Gasteiger partial charge in [0.2, 0.25) is 5.95 Å². The number of nitrogens with one attached hydrogen (secondary N) is 2. The van der Waals surface area contributed by atoms with Gasteiger partial charge in [-0.15, -0.1) is 0 Å². The maximum absolute atomic E-state index is 13.6. The van der Waals surface area contributed by atoms with Gasteiger partial charge in [-0.3, -0.25) is 10.1 Å². The molecule has 0 saturated carbocycles. The van der Waals surface area contributed by atoms with Gasteiger partial charge >= 0.3 is 0 Å². The number of hydrogen-bond acceptors (Lipinski definition) is 6. The molecule has 106 valence electrons. The van der Waals surface area contributed by atoms with Crippen molar-refractivity contribution in [3.63, 3.8) is 0 Å². The number of rotatable bonds is 4. The first-order valence-electron chi connectivity index (χ1n) is 5.19. The third kappa shape index (κ3) is 3.03. The minimum Gasteiger partial charge on any atom is -0.292 e. The van der Waals surface area contributed by atoms with E-state index in [1.165, 1.54) is 12.1 Å². The molecule has 1 aromatic heterocycles. The number of halogens is 2. The van der Waals surface area contributed by atoms with Crippen molar-refractivity contribution in [2.45, 2.75) is 4.90 Å². The predicted octanol–water partition coefficient (Wildman–Crippen LogP) is 1.46. The zero-order valence-corrected chi connectivity index (χ0v) is 12.2. The number of benzene rings is 1. The summed E-state index contributed by atoms with van der Waals surface area (Å²) < 4.78 is 40.2. The molecule has 0 aliphatic rings. The minimum atomic E-state index is -4.00. The first kappa shape index (κ1) is 14.6. The summed E-state index contributed by atoms with van der Waals surface area (Å²) in [5.74, 6) is 4.44. The Morgan fingerprint density at radius 2 is 1.90 bits per heavy atom. The van der Waals surface area contributed by atoms with Crippen LogP contribution >= 0.6 is 15.9 Å². The highest BCUT2D eigenvalue weighted by molar-refractivity contribution is 9.10. The molecule has 2 aromatic rings. The van der Waals surface area contributed by atoms with Crippen LogP contribution in [0.15, 0.2) is 40.0 Å². The van der Waals surface area contributed by atoms with Crippen LogP contribution < -0.4 is 16.0 Å². The lowest BCUT2D eigenvalue weighted by molar-refractivity contribution is 0.597. The SMILES string of the molecule is NNc1ncc(S(=O)(=O)Nc2c(F)cccc2Br)cn1. The fourth-order valence-electron chi connectivity index (χ4n) is 1.32. The summed E-state index contributed by atoms with van der Waals surface area (Å²) >= 11 is 3.07. The van der Waals surface area contributed by atoms with Gasteiger partial charge in [-0.25, -0.2) is 28.6 Å². The van der Waals surface area contributed by atoms with Crippen molar-refractivity contribution >= 4 is 37.6 Å². The number of hydrazine groups is 1. The molecule has 1 aromatic carbocycles. The Morgan fingerprint density at radius 3 is 2.45 bits per heavy atom. The van der Waals surface area contributed by atoms with Crippen LogP contribution in [0, 0.1) is 5.82 Å². The van der Waals surface area contributed by atoms with E-state index >= 15 is 0 Å². The summed E-state index contributed by atoms with van der Waals surface area (Å²) in [6.45, 7) is 0. The van der Waals surface area contributed by atoms with Gasteiger partial charge in [0.05, 0.1) is 18.1 Å². The molecule has 0 saturated heterocycles. The quantitative estimate of drug-likeness (QED) is 0.561. The lowest BCUT2D eigenvalue weighted by Crippen LogP contribution is -2.16. The Labute approximate surface area is 122 Å². The summed E-state index contributed by atoms with van der Waals surface area (Å²) in [7, 11) is -4.00. The van der Waals surface area contributed by atoms with Gasteiger partial charge in [-0.2, -0.15) is 0 Å². The van der Waals surface area contributed by atoms with Crippen molar-refractivity contribution in [2.75, 3.05) is 10.1 Å². The zero-order valence-electron chi connectivity index (χ0n) is 9.84. The van der Waals surface area contributed by atoms with E-state index in [1.54, 1.807) is 0 Å². The molecule has 0 aliphatic carbocycles. The highest BCUT2D eigenvalue weighted by Gasteiger charge is 2.19. The second-order valence-electron chi connectivity index (χ2n) is 3.59. The number of aromatic nitrogens is 2. The first-order chi connectivity index (χ1) is 9.44. The van der Waals surface area contributed by atoms with E-state index in [4.69, 9.17) is 5.84 Å². The maximum Gasteiger partial charge on any atom is 0.265 e. The number of nitrogens with zero attached hydrogens (tertiary/aromatic N) is 2. The van der Waals surface area contributed by atoms with Crippen molar-refractivity contribution in [3.8, 4) is 0 Å². The van der Waals surface area contributed by atoms with Crippen LogP contribution in [0.5, 0.6) is 0 Å². The maximum atomic E-state index is 13.6. The second-order valence-corrected chi connectivity index (χ2v) is 6.13.